The molecule has 0 atom stereocenters. The average molecular weight is 327 g/mol. The van der Waals surface area contributed by atoms with Crippen LogP contribution in [0.15, 0.2) is 23.1 Å². The minimum absolute atomic E-state index is 0.647. The van der Waals surface area contributed by atoms with Gasteiger partial charge in [0, 0.05) is 44.5 Å². The lowest BCUT2D eigenvalue weighted by atomic mass is 10.1. The number of aryl methyl sites for hydroxylation is 2. The predicted octanol–water partition coefficient (Wildman–Crippen LogP) is 1.09. The van der Waals surface area contributed by atoms with E-state index in [2.05, 4.69) is 30.1 Å². The highest BCUT2D eigenvalue weighted by atomic mass is 16.5. The molecule has 0 aromatic carbocycles. The molecule has 126 valence electrons. The van der Waals surface area contributed by atoms with Crippen molar-refractivity contribution in [1.82, 2.24) is 29.6 Å². The third kappa shape index (κ3) is 2.73. The molecule has 4 heterocycles. The van der Waals surface area contributed by atoms with Crippen LogP contribution in [0.3, 0.4) is 0 Å². The van der Waals surface area contributed by atoms with Crippen molar-refractivity contribution in [2.75, 3.05) is 37.6 Å². The summed E-state index contributed by atoms with van der Waals surface area (Å²) in [6.45, 7) is 9.08. The lowest BCUT2D eigenvalue weighted by Crippen LogP contribution is -2.47. The predicted molar refractivity (Wildman–Crippen MR) is 89.1 cm³/mol. The van der Waals surface area contributed by atoms with Crippen molar-refractivity contribution in [1.29, 1.82) is 0 Å². The second-order valence-corrected chi connectivity index (χ2v) is 6.19. The molecule has 0 aliphatic carbocycles. The Bertz CT molecular complexity index is 812. The normalized spacial score (nSPS) is 16.2. The van der Waals surface area contributed by atoms with Crippen LogP contribution in [0.25, 0.3) is 5.78 Å². The molecule has 3 aromatic heterocycles. The Morgan fingerprint density at radius 3 is 2.75 bits per heavy atom. The van der Waals surface area contributed by atoms with E-state index >= 15 is 0 Å². The third-order valence-electron chi connectivity index (χ3n) is 4.75. The molecule has 0 saturated carbocycles. The molecule has 8 heteroatoms. The number of fused-ring (bicyclic) bond motifs is 1. The van der Waals surface area contributed by atoms with Crippen molar-refractivity contribution < 1.29 is 4.52 Å². The molecule has 24 heavy (non-hydrogen) atoms. The van der Waals surface area contributed by atoms with Crippen molar-refractivity contribution in [2.24, 2.45) is 0 Å². The summed E-state index contributed by atoms with van der Waals surface area (Å²) < 4.78 is 7.19. The Balaban J connectivity index is 1.38. The fourth-order valence-electron chi connectivity index (χ4n) is 3.32. The molecular weight excluding hydrogens is 306 g/mol. The van der Waals surface area contributed by atoms with Gasteiger partial charge in [-0.1, -0.05) is 5.16 Å². The summed E-state index contributed by atoms with van der Waals surface area (Å²) in [5.74, 6) is 2.70. The lowest BCUT2D eigenvalue weighted by Gasteiger charge is -2.36. The third-order valence-corrected chi connectivity index (χ3v) is 4.75. The van der Waals surface area contributed by atoms with E-state index in [0.717, 1.165) is 56.4 Å². The summed E-state index contributed by atoms with van der Waals surface area (Å²) in [5.41, 5.74) is 2.26. The molecule has 1 aliphatic rings. The van der Waals surface area contributed by atoms with Gasteiger partial charge in [-0.3, -0.25) is 9.30 Å². The Kier molecular flexibility index (Phi) is 3.89. The van der Waals surface area contributed by atoms with Gasteiger partial charge in [0.2, 0.25) is 0 Å². The molecule has 4 rings (SSSR count). The van der Waals surface area contributed by atoms with Crippen LogP contribution in [0.5, 0.6) is 0 Å². The highest BCUT2D eigenvalue weighted by Crippen LogP contribution is 2.18. The van der Waals surface area contributed by atoms with Crippen LogP contribution in [-0.4, -0.2) is 62.4 Å². The van der Waals surface area contributed by atoms with Gasteiger partial charge in [-0.05, 0) is 26.3 Å². The molecule has 1 aliphatic heterocycles. The van der Waals surface area contributed by atoms with Gasteiger partial charge >= 0.3 is 0 Å². The lowest BCUT2D eigenvalue weighted by molar-refractivity contribution is 0.259. The molecule has 8 nitrogen and oxygen atoms in total. The number of anilines is 1. The van der Waals surface area contributed by atoms with Crippen LogP contribution >= 0.6 is 0 Å². The number of piperazine rings is 1. The van der Waals surface area contributed by atoms with E-state index in [-0.39, 0.29) is 0 Å². The summed E-state index contributed by atoms with van der Waals surface area (Å²) >= 11 is 0. The Labute approximate surface area is 140 Å². The largest absolute Gasteiger partial charge is 0.361 e. The summed E-state index contributed by atoms with van der Waals surface area (Å²) in [4.78, 5) is 9.08. The first-order valence-electron chi connectivity index (χ1n) is 8.26. The summed E-state index contributed by atoms with van der Waals surface area (Å²) in [7, 11) is 0. The maximum atomic E-state index is 5.25. The van der Waals surface area contributed by atoms with Crippen molar-refractivity contribution in [3.05, 3.63) is 35.6 Å². The van der Waals surface area contributed by atoms with Gasteiger partial charge < -0.3 is 9.42 Å². The Morgan fingerprint density at radius 2 is 2.00 bits per heavy atom. The van der Waals surface area contributed by atoms with Gasteiger partial charge in [0.25, 0.3) is 5.78 Å². The molecule has 1 fully saturated rings. The molecule has 3 aromatic rings. The Hall–Kier alpha value is -2.48. The number of hydrogen-bond acceptors (Lipinski definition) is 7. The zero-order chi connectivity index (χ0) is 16.5. The highest BCUT2D eigenvalue weighted by Gasteiger charge is 2.20. The van der Waals surface area contributed by atoms with Crippen LogP contribution in [0.2, 0.25) is 0 Å². The molecular formula is C16H21N7O. The molecule has 0 spiro atoms. The van der Waals surface area contributed by atoms with E-state index in [4.69, 9.17) is 4.52 Å². The van der Waals surface area contributed by atoms with Gasteiger partial charge in [0.05, 0.1) is 5.69 Å². The minimum atomic E-state index is 0.647. The van der Waals surface area contributed by atoms with Crippen LogP contribution in [-0.2, 0) is 6.42 Å². The fraction of sp³-hybridized carbons (Fsp3) is 0.500. The minimum Gasteiger partial charge on any atom is -0.361 e. The maximum absolute atomic E-state index is 5.25. The monoisotopic (exact) mass is 327 g/mol. The summed E-state index contributed by atoms with van der Waals surface area (Å²) in [5, 5.41) is 12.0. The number of rotatable bonds is 4. The van der Waals surface area contributed by atoms with E-state index in [1.165, 1.54) is 5.56 Å². The van der Waals surface area contributed by atoms with Crippen LogP contribution in [0.4, 0.5) is 5.82 Å². The second-order valence-electron chi connectivity index (χ2n) is 6.19. The zero-order valence-corrected chi connectivity index (χ0v) is 14.0. The molecule has 1 saturated heterocycles. The van der Waals surface area contributed by atoms with Crippen molar-refractivity contribution in [3.63, 3.8) is 0 Å². The molecule has 0 N–H and O–H groups in total. The highest BCUT2D eigenvalue weighted by molar-refractivity contribution is 5.46. The Morgan fingerprint density at radius 1 is 1.17 bits per heavy atom. The molecule has 0 amide bonds. The molecule has 0 radical (unpaired) electrons. The van der Waals surface area contributed by atoms with Crippen molar-refractivity contribution >= 4 is 11.6 Å². The first kappa shape index (κ1) is 15.1. The average Bonchev–Trinajstić information content (AvgIpc) is 3.20. The van der Waals surface area contributed by atoms with Gasteiger partial charge in [-0.2, -0.15) is 0 Å². The van der Waals surface area contributed by atoms with Crippen molar-refractivity contribution in [2.45, 2.75) is 20.3 Å². The molecule has 0 unspecified atom stereocenters. The number of hydrogen-bond donors (Lipinski definition) is 0. The van der Waals surface area contributed by atoms with E-state index in [1.54, 1.807) is 12.5 Å². The quantitative estimate of drug-likeness (QED) is 0.710. The van der Waals surface area contributed by atoms with E-state index < -0.39 is 0 Å². The zero-order valence-electron chi connectivity index (χ0n) is 14.0. The van der Waals surface area contributed by atoms with Crippen LogP contribution < -0.4 is 4.90 Å². The second kappa shape index (κ2) is 6.20. The van der Waals surface area contributed by atoms with Gasteiger partial charge in [-0.25, -0.2) is 4.98 Å². The SMILES string of the molecule is Cc1noc(C)c1CCN1CCN(c2ccnc3nncn23)CC1. The topological polar surface area (TPSA) is 75.6 Å². The van der Waals surface area contributed by atoms with Gasteiger partial charge in [0.1, 0.15) is 17.9 Å². The van der Waals surface area contributed by atoms with E-state index in [9.17, 15) is 0 Å². The fourth-order valence-corrected chi connectivity index (χ4v) is 3.32. The van der Waals surface area contributed by atoms with Gasteiger partial charge in [-0.15, -0.1) is 10.2 Å². The number of nitrogens with zero attached hydrogens (tertiary/aromatic N) is 7. The van der Waals surface area contributed by atoms with Crippen molar-refractivity contribution in [3.8, 4) is 0 Å². The first-order valence-corrected chi connectivity index (χ1v) is 8.26. The van der Waals surface area contributed by atoms with E-state index in [1.807, 2.05) is 24.3 Å². The standard InChI is InChI=1S/C16H21N7O/c1-12-14(13(2)24-20-12)4-6-21-7-9-22(10-8-21)15-3-5-17-16-19-18-11-23(15)16/h3,5,11H,4,6-10H2,1-2H3. The molecule has 0 bridgehead atoms. The number of aromatic nitrogens is 5. The van der Waals surface area contributed by atoms with Crippen LogP contribution in [0.1, 0.15) is 17.0 Å². The van der Waals surface area contributed by atoms with E-state index in [0.29, 0.717) is 5.78 Å². The smallest absolute Gasteiger partial charge is 0.256 e. The maximum Gasteiger partial charge on any atom is 0.256 e. The summed E-state index contributed by atoms with van der Waals surface area (Å²) in [6, 6.07) is 2.02. The summed E-state index contributed by atoms with van der Waals surface area (Å²) in [6.07, 6.45) is 4.51. The van der Waals surface area contributed by atoms with Gasteiger partial charge in [0.15, 0.2) is 0 Å². The first-order chi connectivity index (χ1) is 11.7. The van der Waals surface area contributed by atoms with Crippen LogP contribution in [0, 0.1) is 13.8 Å².